The van der Waals surface area contributed by atoms with Crippen molar-refractivity contribution in [1.29, 1.82) is 0 Å². The molecule has 4 rings (SSSR count). The molecule has 2 aromatic heterocycles. The molecule has 0 amide bonds. The Morgan fingerprint density at radius 2 is 2.11 bits per heavy atom. The normalized spacial score (nSPS) is 19.3. The van der Waals surface area contributed by atoms with Gasteiger partial charge in [0.1, 0.15) is 0 Å². The van der Waals surface area contributed by atoms with E-state index >= 15 is 0 Å². The SMILES string of the molecule is C=N/C(=C\N(C)CC1CC1c1nc2c(C)ncc(C)n2n1)c1ccccc1. The highest BCUT2D eigenvalue weighted by atomic mass is 15.3. The van der Waals surface area contributed by atoms with Gasteiger partial charge in [-0.1, -0.05) is 30.3 Å². The van der Waals surface area contributed by atoms with Crippen molar-refractivity contribution in [1.82, 2.24) is 24.5 Å². The molecule has 0 spiro atoms. The highest BCUT2D eigenvalue weighted by Crippen LogP contribution is 2.46. The summed E-state index contributed by atoms with van der Waals surface area (Å²) in [5, 5.41) is 4.72. The molecule has 0 saturated heterocycles. The van der Waals surface area contributed by atoms with E-state index in [4.69, 9.17) is 10.1 Å². The van der Waals surface area contributed by atoms with Crippen LogP contribution in [-0.2, 0) is 0 Å². The summed E-state index contributed by atoms with van der Waals surface area (Å²) in [4.78, 5) is 15.5. The van der Waals surface area contributed by atoms with Gasteiger partial charge in [-0.3, -0.25) is 9.98 Å². The Morgan fingerprint density at radius 3 is 2.81 bits per heavy atom. The molecule has 1 aliphatic carbocycles. The first-order chi connectivity index (χ1) is 13.1. The van der Waals surface area contributed by atoms with E-state index in [0.29, 0.717) is 11.8 Å². The molecule has 0 radical (unpaired) electrons. The van der Waals surface area contributed by atoms with E-state index in [9.17, 15) is 0 Å². The molecule has 0 N–H and O–H groups in total. The first-order valence-electron chi connectivity index (χ1n) is 9.20. The second-order valence-corrected chi connectivity index (χ2v) is 7.27. The molecule has 6 nitrogen and oxygen atoms in total. The topological polar surface area (TPSA) is 58.7 Å². The van der Waals surface area contributed by atoms with E-state index < -0.39 is 0 Å². The number of hydrogen-bond acceptors (Lipinski definition) is 5. The number of aliphatic imine (C=N–C) groups is 1. The molecule has 1 saturated carbocycles. The van der Waals surface area contributed by atoms with Gasteiger partial charge in [-0.2, -0.15) is 5.10 Å². The third kappa shape index (κ3) is 3.47. The molecule has 6 heteroatoms. The predicted octanol–water partition coefficient (Wildman–Crippen LogP) is 3.48. The van der Waals surface area contributed by atoms with Crippen LogP contribution < -0.4 is 0 Å². The lowest BCUT2D eigenvalue weighted by atomic mass is 10.2. The van der Waals surface area contributed by atoms with Gasteiger partial charge in [0.05, 0.1) is 17.1 Å². The van der Waals surface area contributed by atoms with Crippen LogP contribution >= 0.6 is 0 Å². The van der Waals surface area contributed by atoms with Crippen molar-refractivity contribution < 1.29 is 0 Å². The van der Waals surface area contributed by atoms with Gasteiger partial charge in [0, 0.05) is 37.5 Å². The Balaban J connectivity index is 1.46. The van der Waals surface area contributed by atoms with E-state index in [1.807, 2.05) is 54.9 Å². The smallest absolute Gasteiger partial charge is 0.177 e. The van der Waals surface area contributed by atoms with Gasteiger partial charge in [0.15, 0.2) is 11.5 Å². The average Bonchev–Trinajstić information content (AvgIpc) is 3.28. The molecular formula is C21H24N6. The molecule has 1 aliphatic rings. The second-order valence-electron chi connectivity index (χ2n) is 7.27. The molecule has 138 valence electrons. The van der Waals surface area contributed by atoms with Crippen LogP contribution in [0.5, 0.6) is 0 Å². The lowest BCUT2D eigenvalue weighted by molar-refractivity contribution is 0.427. The van der Waals surface area contributed by atoms with Gasteiger partial charge in [0.25, 0.3) is 0 Å². The fraction of sp³-hybridized carbons (Fsp3) is 0.333. The summed E-state index contributed by atoms with van der Waals surface area (Å²) in [6, 6.07) is 10.1. The first-order valence-corrected chi connectivity index (χ1v) is 9.20. The van der Waals surface area contributed by atoms with Gasteiger partial charge in [-0.15, -0.1) is 0 Å². The quantitative estimate of drug-likeness (QED) is 0.632. The Labute approximate surface area is 159 Å². The summed E-state index contributed by atoms with van der Waals surface area (Å²) in [5.74, 6) is 1.90. The molecule has 2 unspecified atom stereocenters. The minimum absolute atomic E-state index is 0.413. The summed E-state index contributed by atoms with van der Waals surface area (Å²) in [6.45, 7) is 8.65. The van der Waals surface area contributed by atoms with Crippen LogP contribution in [0.4, 0.5) is 0 Å². The van der Waals surface area contributed by atoms with Crippen molar-refractivity contribution in [2.24, 2.45) is 10.9 Å². The highest BCUT2D eigenvalue weighted by Gasteiger charge is 2.42. The summed E-state index contributed by atoms with van der Waals surface area (Å²) >= 11 is 0. The van der Waals surface area contributed by atoms with Gasteiger partial charge in [-0.05, 0) is 32.9 Å². The van der Waals surface area contributed by atoms with Gasteiger partial charge < -0.3 is 4.90 Å². The summed E-state index contributed by atoms with van der Waals surface area (Å²) < 4.78 is 1.91. The summed E-state index contributed by atoms with van der Waals surface area (Å²) in [7, 11) is 2.08. The molecule has 1 fully saturated rings. The summed E-state index contributed by atoms with van der Waals surface area (Å²) in [5.41, 5.74) is 4.76. The number of aromatic nitrogens is 4. The molecule has 3 aromatic rings. The number of aryl methyl sites for hydroxylation is 2. The van der Waals surface area contributed by atoms with Crippen molar-refractivity contribution >= 4 is 18.1 Å². The maximum Gasteiger partial charge on any atom is 0.177 e. The van der Waals surface area contributed by atoms with Gasteiger partial charge in [-0.25, -0.2) is 9.50 Å². The van der Waals surface area contributed by atoms with E-state index in [2.05, 4.69) is 34.8 Å². The Morgan fingerprint density at radius 1 is 1.33 bits per heavy atom. The number of benzene rings is 1. The first kappa shape index (κ1) is 17.4. The minimum atomic E-state index is 0.413. The molecule has 0 bridgehead atoms. The Kier molecular flexibility index (Phi) is 4.48. The highest BCUT2D eigenvalue weighted by molar-refractivity contribution is 5.67. The standard InChI is InChI=1S/C21H24N6/c1-14-11-23-15(2)21-24-20(25-27(14)21)18-10-17(18)12-26(4)13-19(22-3)16-8-6-5-7-9-16/h5-9,11,13,17-18H,3,10,12H2,1-2,4H3/b19-13-. The van der Waals surface area contributed by atoms with Crippen molar-refractivity contribution in [2.75, 3.05) is 13.6 Å². The van der Waals surface area contributed by atoms with Crippen LogP contribution in [0.2, 0.25) is 0 Å². The lowest BCUT2D eigenvalue weighted by Gasteiger charge is -2.15. The molecule has 2 heterocycles. The fourth-order valence-electron chi connectivity index (χ4n) is 3.48. The van der Waals surface area contributed by atoms with Crippen LogP contribution in [0, 0.1) is 19.8 Å². The third-order valence-corrected chi connectivity index (χ3v) is 5.09. The van der Waals surface area contributed by atoms with Crippen molar-refractivity contribution in [2.45, 2.75) is 26.2 Å². The predicted molar refractivity (Wildman–Crippen MR) is 108 cm³/mol. The van der Waals surface area contributed by atoms with E-state index in [1.165, 1.54) is 0 Å². The Bertz CT molecular complexity index is 965. The fourth-order valence-corrected chi connectivity index (χ4v) is 3.48. The minimum Gasteiger partial charge on any atom is -0.378 e. The van der Waals surface area contributed by atoms with Crippen LogP contribution in [-0.4, -0.2) is 44.8 Å². The number of hydrogen-bond donors (Lipinski definition) is 0. The second kappa shape index (κ2) is 6.95. The van der Waals surface area contributed by atoms with Crippen LogP contribution in [0.15, 0.2) is 47.7 Å². The van der Waals surface area contributed by atoms with Crippen LogP contribution in [0.1, 0.15) is 35.1 Å². The molecular weight excluding hydrogens is 336 g/mol. The number of fused-ring (bicyclic) bond motifs is 1. The molecule has 2 atom stereocenters. The third-order valence-electron chi connectivity index (χ3n) is 5.09. The number of nitrogens with zero attached hydrogens (tertiary/aromatic N) is 6. The lowest BCUT2D eigenvalue weighted by Crippen LogP contribution is -2.15. The maximum absolute atomic E-state index is 4.74. The molecule has 0 aliphatic heterocycles. The van der Waals surface area contributed by atoms with Crippen molar-refractivity contribution in [3.8, 4) is 0 Å². The van der Waals surface area contributed by atoms with Crippen molar-refractivity contribution in [3.63, 3.8) is 0 Å². The zero-order valence-corrected chi connectivity index (χ0v) is 16.0. The monoisotopic (exact) mass is 360 g/mol. The maximum atomic E-state index is 4.74. The zero-order chi connectivity index (χ0) is 19.0. The van der Waals surface area contributed by atoms with E-state index in [0.717, 1.165) is 47.1 Å². The van der Waals surface area contributed by atoms with Gasteiger partial charge >= 0.3 is 0 Å². The van der Waals surface area contributed by atoms with Gasteiger partial charge in [0.2, 0.25) is 0 Å². The zero-order valence-electron chi connectivity index (χ0n) is 16.0. The summed E-state index contributed by atoms with van der Waals surface area (Å²) in [6.07, 6.45) is 5.02. The Hall–Kier alpha value is -3.02. The molecule has 27 heavy (non-hydrogen) atoms. The van der Waals surface area contributed by atoms with Crippen LogP contribution in [0.3, 0.4) is 0 Å². The average molecular weight is 360 g/mol. The molecule has 1 aromatic carbocycles. The largest absolute Gasteiger partial charge is 0.378 e. The number of rotatable bonds is 6. The van der Waals surface area contributed by atoms with Crippen molar-refractivity contribution in [3.05, 3.63) is 65.5 Å². The van der Waals surface area contributed by atoms with E-state index in [-0.39, 0.29) is 0 Å². The van der Waals surface area contributed by atoms with E-state index in [1.54, 1.807) is 0 Å². The van der Waals surface area contributed by atoms with Crippen LogP contribution in [0.25, 0.3) is 11.3 Å².